The number of non-ortho nitro benzene ring substituents is 1. The van der Waals surface area contributed by atoms with Crippen molar-refractivity contribution in [1.82, 2.24) is 0 Å². The fraction of sp³-hybridized carbons (Fsp3) is 0.182. The van der Waals surface area contributed by atoms with E-state index in [2.05, 4.69) is 15.0 Å². The van der Waals surface area contributed by atoms with Crippen LogP contribution in [0, 0.1) is 10.1 Å². The first-order chi connectivity index (χ1) is 8.52. The van der Waals surface area contributed by atoms with Gasteiger partial charge >= 0.3 is 5.97 Å². The summed E-state index contributed by atoms with van der Waals surface area (Å²) < 4.78 is 4.42. The highest BCUT2D eigenvalue weighted by atomic mass is 16.6. The van der Waals surface area contributed by atoms with Gasteiger partial charge in [-0.2, -0.15) is 10.2 Å². The second-order valence-corrected chi connectivity index (χ2v) is 3.28. The van der Waals surface area contributed by atoms with Crippen LogP contribution in [0.5, 0.6) is 0 Å². The lowest BCUT2D eigenvalue weighted by atomic mass is 10.3. The zero-order valence-electron chi connectivity index (χ0n) is 9.86. The summed E-state index contributed by atoms with van der Waals surface area (Å²) in [5, 5.41) is 18.0. The smallest absolute Gasteiger partial charge is 0.332 e. The lowest BCUT2D eigenvalue weighted by molar-refractivity contribution is -0.384. The molecule has 1 rings (SSSR count). The molecule has 94 valence electrons. The van der Waals surface area contributed by atoms with Gasteiger partial charge < -0.3 is 4.74 Å². The van der Waals surface area contributed by atoms with Gasteiger partial charge in [0, 0.05) is 18.2 Å². The first-order valence-corrected chi connectivity index (χ1v) is 4.95. The van der Waals surface area contributed by atoms with Crippen LogP contribution in [-0.2, 0) is 9.53 Å². The molecule has 0 aliphatic rings. The minimum atomic E-state index is -0.518. The molecule has 18 heavy (non-hydrogen) atoms. The van der Waals surface area contributed by atoms with Crippen molar-refractivity contribution in [2.24, 2.45) is 10.2 Å². The predicted molar refractivity (Wildman–Crippen MR) is 63.4 cm³/mol. The summed E-state index contributed by atoms with van der Waals surface area (Å²) in [6.45, 7) is 1.59. The van der Waals surface area contributed by atoms with Crippen molar-refractivity contribution in [3.8, 4) is 0 Å². The molecule has 7 nitrogen and oxygen atoms in total. The molecule has 0 radical (unpaired) electrons. The lowest BCUT2D eigenvalue weighted by Crippen LogP contribution is -1.94. The van der Waals surface area contributed by atoms with E-state index in [1.165, 1.54) is 37.5 Å². The van der Waals surface area contributed by atoms with E-state index >= 15 is 0 Å². The highest BCUT2D eigenvalue weighted by Gasteiger charge is 2.03. The van der Waals surface area contributed by atoms with Gasteiger partial charge in [0.05, 0.1) is 23.4 Å². The zero-order valence-corrected chi connectivity index (χ0v) is 9.86. The standard InChI is InChI=1S/C11H11N3O4/c1-8(7-11(15)18-2)12-13-9-3-5-10(6-4-9)14(16)17/h3-7H,1-2H3/b8-7+,13-12?. The largest absolute Gasteiger partial charge is 0.466 e. The number of rotatable bonds is 4. The first-order valence-electron chi connectivity index (χ1n) is 4.95. The molecule has 0 amide bonds. The Morgan fingerprint density at radius 3 is 2.50 bits per heavy atom. The molecule has 0 bridgehead atoms. The van der Waals surface area contributed by atoms with Crippen molar-refractivity contribution in [3.63, 3.8) is 0 Å². The van der Waals surface area contributed by atoms with E-state index in [-0.39, 0.29) is 5.69 Å². The summed E-state index contributed by atoms with van der Waals surface area (Å²) in [5.74, 6) is -0.518. The summed E-state index contributed by atoms with van der Waals surface area (Å²) in [7, 11) is 1.26. The minimum Gasteiger partial charge on any atom is -0.466 e. The first kappa shape index (κ1) is 13.5. The molecule has 1 aromatic rings. The van der Waals surface area contributed by atoms with E-state index in [9.17, 15) is 14.9 Å². The SMILES string of the molecule is COC(=O)/C=C(\C)N=Nc1ccc([N+](=O)[O-])cc1. The second-order valence-electron chi connectivity index (χ2n) is 3.28. The molecule has 1 aromatic carbocycles. The summed E-state index contributed by atoms with van der Waals surface area (Å²) >= 11 is 0. The molecule has 0 unspecified atom stereocenters. The van der Waals surface area contributed by atoms with Crippen molar-refractivity contribution in [1.29, 1.82) is 0 Å². The Labute approximate surface area is 103 Å². The number of esters is 1. The fourth-order valence-corrected chi connectivity index (χ4v) is 1.04. The maximum absolute atomic E-state index is 10.9. The Hall–Kier alpha value is -2.57. The number of nitro groups is 1. The normalized spacial score (nSPS) is 11.6. The van der Waals surface area contributed by atoms with Gasteiger partial charge in [0.15, 0.2) is 0 Å². The van der Waals surface area contributed by atoms with Crippen molar-refractivity contribution in [2.45, 2.75) is 6.92 Å². The third kappa shape index (κ3) is 4.12. The molecule has 0 aliphatic carbocycles. The molecular formula is C11H11N3O4. The number of carbonyl (C=O) groups is 1. The van der Waals surface area contributed by atoms with Crippen LogP contribution in [0.4, 0.5) is 11.4 Å². The Balaban J connectivity index is 2.76. The molecule has 0 atom stereocenters. The third-order valence-electron chi connectivity index (χ3n) is 1.91. The van der Waals surface area contributed by atoms with Gasteiger partial charge in [0.1, 0.15) is 0 Å². The summed E-state index contributed by atoms with van der Waals surface area (Å²) in [6.07, 6.45) is 1.19. The van der Waals surface area contributed by atoms with Gasteiger partial charge in [0.2, 0.25) is 0 Å². The van der Waals surface area contributed by atoms with E-state index in [0.717, 1.165) is 0 Å². The average Bonchev–Trinajstić information content (AvgIpc) is 2.36. The van der Waals surface area contributed by atoms with Crippen LogP contribution in [0.2, 0.25) is 0 Å². The van der Waals surface area contributed by atoms with E-state index < -0.39 is 10.9 Å². The van der Waals surface area contributed by atoms with Crippen LogP contribution in [0.15, 0.2) is 46.3 Å². The number of nitrogens with zero attached hydrogens (tertiary/aromatic N) is 3. The van der Waals surface area contributed by atoms with Gasteiger partial charge in [-0.25, -0.2) is 4.79 Å². The Morgan fingerprint density at radius 1 is 1.39 bits per heavy atom. The number of azo groups is 1. The molecule has 0 heterocycles. The highest BCUT2D eigenvalue weighted by molar-refractivity contribution is 5.82. The van der Waals surface area contributed by atoms with Gasteiger partial charge in [-0.3, -0.25) is 10.1 Å². The van der Waals surface area contributed by atoms with Crippen molar-refractivity contribution in [3.05, 3.63) is 46.2 Å². The van der Waals surface area contributed by atoms with E-state index in [1.54, 1.807) is 6.92 Å². The summed E-state index contributed by atoms with van der Waals surface area (Å²) in [6, 6.07) is 5.58. The highest BCUT2D eigenvalue weighted by Crippen LogP contribution is 2.18. The fourth-order valence-electron chi connectivity index (χ4n) is 1.04. The van der Waals surface area contributed by atoms with Gasteiger partial charge in [-0.05, 0) is 19.1 Å². The van der Waals surface area contributed by atoms with Crippen LogP contribution in [0.1, 0.15) is 6.92 Å². The van der Waals surface area contributed by atoms with E-state index in [0.29, 0.717) is 11.4 Å². The Bertz CT molecular complexity index is 506. The second kappa shape index (κ2) is 6.24. The van der Waals surface area contributed by atoms with Crippen molar-refractivity contribution in [2.75, 3.05) is 7.11 Å². The van der Waals surface area contributed by atoms with Gasteiger partial charge in [0.25, 0.3) is 5.69 Å². The van der Waals surface area contributed by atoms with Crippen LogP contribution in [0.3, 0.4) is 0 Å². The van der Waals surface area contributed by atoms with Gasteiger partial charge in [-0.1, -0.05) is 0 Å². The monoisotopic (exact) mass is 249 g/mol. The van der Waals surface area contributed by atoms with Crippen LogP contribution < -0.4 is 0 Å². The van der Waals surface area contributed by atoms with Crippen molar-refractivity contribution < 1.29 is 14.5 Å². The topological polar surface area (TPSA) is 94.2 Å². The molecule has 0 saturated carbocycles. The van der Waals surface area contributed by atoms with Crippen molar-refractivity contribution >= 4 is 17.3 Å². The number of allylic oxidation sites excluding steroid dienone is 1. The maximum atomic E-state index is 10.9. The molecule has 0 saturated heterocycles. The maximum Gasteiger partial charge on any atom is 0.332 e. The number of carbonyl (C=O) groups excluding carboxylic acids is 1. The molecule has 7 heteroatoms. The summed E-state index contributed by atoms with van der Waals surface area (Å²) in [5.41, 5.74) is 0.814. The molecule has 0 aliphatic heterocycles. The number of nitro benzene ring substituents is 1. The molecule has 0 N–H and O–H groups in total. The average molecular weight is 249 g/mol. The number of methoxy groups -OCH3 is 1. The predicted octanol–water partition coefficient (Wildman–Crippen LogP) is 2.76. The molecule has 0 aromatic heterocycles. The molecular weight excluding hydrogens is 238 g/mol. The third-order valence-corrected chi connectivity index (χ3v) is 1.91. The minimum absolute atomic E-state index is 0.0178. The number of benzene rings is 1. The number of hydrogen-bond donors (Lipinski definition) is 0. The van der Waals surface area contributed by atoms with E-state index in [4.69, 9.17) is 0 Å². The Morgan fingerprint density at radius 2 is 2.00 bits per heavy atom. The van der Waals surface area contributed by atoms with Gasteiger partial charge in [-0.15, -0.1) is 0 Å². The number of hydrogen-bond acceptors (Lipinski definition) is 6. The molecule has 0 spiro atoms. The van der Waals surface area contributed by atoms with Crippen LogP contribution in [-0.4, -0.2) is 18.0 Å². The van der Waals surface area contributed by atoms with E-state index in [1.807, 2.05) is 0 Å². The quantitative estimate of drug-likeness (QED) is 0.269. The Kier molecular flexibility index (Phi) is 4.67. The number of ether oxygens (including phenoxy) is 1. The lowest BCUT2D eigenvalue weighted by Gasteiger charge is -1.94. The van der Waals surface area contributed by atoms with Crippen LogP contribution in [0.25, 0.3) is 0 Å². The zero-order chi connectivity index (χ0) is 13.5. The molecule has 0 fully saturated rings. The van der Waals surface area contributed by atoms with Crippen LogP contribution >= 0.6 is 0 Å². The summed E-state index contributed by atoms with van der Waals surface area (Å²) in [4.78, 5) is 20.8.